The summed E-state index contributed by atoms with van der Waals surface area (Å²) in [4.78, 5) is 27.7. The fourth-order valence-electron chi connectivity index (χ4n) is 5.83. The Morgan fingerprint density at radius 3 is 2.83 bits per heavy atom. The molecule has 1 amide bonds. The number of benzene rings is 1. The van der Waals surface area contributed by atoms with Crippen LogP contribution in [0.2, 0.25) is 0 Å². The molecule has 35 heavy (non-hydrogen) atoms. The molecule has 8 nitrogen and oxygen atoms in total. The monoisotopic (exact) mass is 474 g/mol. The fraction of sp³-hybridized carbons (Fsp3) is 0.519. The van der Waals surface area contributed by atoms with Crippen LogP contribution in [0.25, 0.3) is 11.0 Å². The highest BCUT2D eigenvalue weighted by atomic mass is 16.5. The van der Waals surface area contributed by atoms with Gasteiger partial charge in [0.05, 0.1) is 18.7 Å². The molecule has 2 fully saturated rings. The maximum absolute atomic E-state index is 13.5. The van der Waals surface area contributed by atoms with E-state index in [2.05, 4.69) is 22.5 Å². The molecule has 8 heteroatoms. The van der Waals surface area contributed by atoms with E-state index in [4.69, 9.17) is 20.4 Å². The normalized spacial score (nSPS) is 24.2. The number of imidazole rings is 1. The Bertz CT molecular complexity index is 1280. The lowest BCUT2D eigenvalue weighted by Gasteiger charge is -2.36. The number of aromatic nitrogens is 3. The summed E-state index contributed by atoms with van der Waals surface area (Å²) in [5, 5.41) is 0. The van der Waals surface area contributed by atoms with Gasteiger partial charge in [-0.3, -0.25) is 4.79 Å². The van der Waals surface area contributed by atoms with E-state index in [-0.39, 0.29) is 24.0 Å². The summed E-state index contributed by atoms with van der Waals surface area (Å²) in [5.41, 5.74) is 9.76. The van der Waals surface area contributed by atoms with E-state index in [0.717, 1.165) is 54.4 Å². The molecule has 0 bridgehead atoms. The Kier molecular flexibility index (Phi) is 5.44. The number of piperidine rings is 1. The van der Waals surface area contributed by atoms with Gasteiger partial charge in [-0.05, 0) is 62.3 Å². The van der Waals surface area contributed by atoms with E-state index in [1.54, 1.807) is 7.11 Å². The van der Waals surface area contributed by atoms with Gasteiger partial charge in [-0.2, -0.15) is 0 Å². The van der Waals surface area contributed by atoms with E-state index < -0.39 is 0 Å². The van der Waals surface area contributed by atoms with E-state index in [1.807, 2.05) is 36.3 Å². The van der Waals surface area contributed by atoms with Crippen molar-refractivity contribution in [3.05, 3.63) is 47.4 Å². The molecule has 1 unspecified atom stereocenters. The van der Waals surface area contributed by atoms with Gasteiger partial charge in [0.1, 0.15) is 22.9 Å². The van der Waals surface area contributed by atoms with Crippen LogP contribution in [-0.2, 0) is 13.5 Å². The van der Waals surface area contributed by atoms with Crippen LogP contribution in [0, 0.1) is 5.92 Å². The Hall–Kier alpha value is -3.13. The van der Waals surface area contributed by atoms with Crippen LogP contribution in [0.1, 0.15) is 60.4 Å². The molecule has 184 valence electrons. The summed E-state index contributed by atoms with van der Waals surface area (Å²) in [6.07, 6.45) is 7.20. The van der Waals surface area contributed by atoms with Crippen molar-refractivity contribution < 1.29 is 9.53 Å². The second-order valence-corrected chi connectivity index (χ2v) is 10.5. The quantitative estimate of drug-likeness (QED) is 0.609. The van der Waals surface area contributed by atoms with Gasteiger partial charge in [-0.25, -0.2) is 9.97 Å². The number of carbonyl (C=O) groups excluding carboxylic acids is 1. The summed E-state index contributed by atoms with van der Waals surface area (Å²) in [5.74, 6) is 3.46. The molecule has 3 aliphatic rings. The first kappa shape index (κ1) is 22.3. The van der Waals surface area contributed by atoms with Crippen molar-refractivity contribution in [2.24, 2.45) is 18.7 Å². The van der Waals surface area contributed by atoms with E-state index in [1.165, 1.54) is 18.4 Å². The highest BCUT2D eigenvalue weighted by Gasteiger charge is 2.38. The number of hydrogen-bond donors (Lipinski definition) is 1. The first-order valence-corrected chi connectivity index (χ1v) is 12.8. The molecule has 2 N–H and O–H groups in total. The van der Waals surface area contributed by atoms with Crippen molar-refractivity contribution >= 4 is 22.8 Å². The van der Waals surface area contributed by atoms with Crippen LogP contribution >= 0.6 is 0 Å². The Morgan fingerprint density at radius 2 is 2.06 bits per heavy atom. The molecule has 2 aliphatic heterocycles. The van der Waals surface area contributed by atoms with Gasteiger partial charge in [0, 0.05) is 50.4 Å². The molecule has 1 saturated carbocycles. The number of amides is 1. The van der Waals surface area contributed by atoms with Crippen LogP contribution in [-0.4, -0.2) is 57.6 Å². The van der Waals surface area contributed by atoms with Crippen molar-refractivity contribution in [2.45, 2.75) is 57.2 Å². The maximum atomic E-state index is 13.5. The molecular formula is C27H34N6O2. The molecule has 3 aromatic rings. The van der Waals surface area contributed by atoms with Gasteiger partial charge < -0.3 is 24.8 Å². The predicted octanol–water partition coefficient (Wildman–Crippen LogP) is 3.44. The summed E-state index contributed by atoms with van der Waals surface area (Å²) in [6, 6.07) is 8.27. The minimum absolute atomic E-state index is 0.00659. The second-order valence-electron chi connectivity index (χ2n) is 10.5. The molecule has 4 heterocycles. The zero-order chi connectivity index (χ0) is 24.3. The van der Waals surface area contributed by atoms with Crippen molar-refractivity contribution in [2.75, 3.05) is 25.1 Å². The van der Waals surface area contributed by atoms with E-state index in [0.29, 0.717) is 17.9 Å². The van der Waals surface area contributed by atoms with Crippen LogP contribution < -0.4 is 15.4 Å². The van der Waals surface area contributed by atoms with E-state index >= 15 is 0 Å². The number of pyridine rings is 1. The Labute approximate surface area is 206 Å². The molecule has 2 aromatic heterocycles. The summed E-state index contributed by atoms with van der Waals surface area (Å²) < 4.78 is 7.93. The molecule has 1 aromatic carbocycles. The number of likely N-dealkylation sites (tertiary alicyclic amines) is 1. The Morgan fingerprint density at radius 1 is 1.23 bits per heavy atom. The largest absolute Gasteiger partial charge is 0.494 e. The molecule has 1 aliphatic carbocycles. The number of rotatable bonds is 5. The van der Waals surface area contributed by atoms with Gasteiger partial charge in [0.25, 0.3) is 5.91 Å². The number of hydrogen-bond acceptors (Lipinski definition) is 6. The van der Waals surface area contributed by atoms with Crippen molar-refractivity contribution in [3.63, 3.8) is 0 Å². The third-order valence-corrected chi connectivity index (χ3v) is 7.99. The number of ether oxygens (including phenoxy) is 1. The minimum Gasteiger partial charge on any atom is -0.494 e. The van der Waals surface area contributed by atoms with Gasteiger partial charge in [0.2, 0.25) is 0 Å². The molecule has 3 atom stereocenters. The van der Waals surface area contributed by atoms with Gasteiger partial charge >= 0.3 is 0 Å². The smallest absolute Gasteiger partial charge is 0.254 e. The maximum Gasteiger partial charge on any atom is 0.254 e. The third kappa shape index (κ3) is 3.84. The van der Waals surface area contributed by atoms with Crippen LogP contribution in [0.3, 0.4) is 0 Å². The zero-order valence-electron chi connectivity index (χ0n) is 20.8. The van der Waals surface area contributed by atoms with Crippen LogP contribution in [0.15, 0.2) is 30.5 Å². The SMILES string of the molecule is COc1cc(C(=O)N2C[C@@H](N)CC[C@@H]2C)cc2nc(C3Cc4cccnc4N3CC3CC3)n(C)c12. The number of anilines is 1. The standard InChI is InChI=1S/C27H34N6O2/c1-16-6-9-20(28)15-32(16)27(34)19-11-21-24(23(13-19)35-3)31(2)26(30-21)22-12-18-5-4-10-29-25(18)33(22)14-17-7-8-17/h4-5,10-11,13,16-17,20,22H,6-9,12,14-15,28H2,1-3H3/t16-,20-,22?/m0/s1. The molecule has 6 rings (SSSR count). The van der Waals surface area contributed by atoms with Crippen LogP contribution in [0.4, 0.5) is 5.82 Å². The van der Waals surface area contributed by atoms with Crippen molar-refractivity contribution in [3.8, 4) is 5.75 Å². The lowest BCUT2D eigenvalue weighted by molar-refractivity contribution is 0.0612. The Balaban J connectivity index is 1.40. The zero-order valence-corrected chi connectivity index (χ0v) is 20.8. The van der Waals surface area contributed by atoms with Gasteiger partial charge in [-0.1, -0.05) is 6.07 Å². The highest BCUT2D eigenvalue weighted by molar-refractivity contribution is 5.99. The third-order valence-electron chi connectivity index (χ3n) is 7.99. The summed E-state index contributed by atoms with van der Waals surface area (Å²) >= 11 is 0. The number of aryl methyl sites for hydroxylation is 1. The molecule has 1 saturated heterocycles. The van der Waals surface area contributed by atoms with Gasteiger partial charge in [0.15, 0.2) is 0 Å². The first-order valence-electron chi connectivity index (χ1n) is 12.8. The molecule has 0 radical (unpaired) electrons. The number of nitrogens with zero attached hydrogens (tertiary/aromatic N) is 5. The number of nitrogens with two attached hydrogens (primary N) is 1. The van der Waals surface area contributed by atoms with Crippen LogP contribution in [0.5, 0.6) is 5.75 Å². The average molecular weight is 475 g/mol. The number of methoxy groups -OCH3 is 1. The van der Waals surface area contributed by atoms with Gasteiger partial charge in [-0.15, -0.1) is 0 Å². The number of fused-ring (bicyclic) bond motifs is 2. The summed E-state index contributed by atoms with van der Waals surface area (Å²) in [7, 11) is 3.70. The highest BCUT2D eigenvalue weighted by Crippen LogP contribution is 2.43. The second kappa shape index (κ2) is 8.52. The van der Waals surface area contributed by atoms with E-state index in [9.17, 15) is 4.79 Å². The molecular weight excluding hydrogens is 440 g/mol. The van der Waals surface area contributed by atoms with Crippen molar-refractivity contribution in [1.82, 2.24) is 19.4 Å². The first-order chi connectivity index (χ1) is 16.9. The predicted molar refractivity (Wildman–Crippen MR) is 136 cm³/mol. The molecule has 0 spiro atoms. The lowest BCUT2D eigenvalue weighted by Crippen LogP contribution is -2.50. The fourth-order valence-corrected chi connectivity index (χ4v) is 5.83. The van der Waals surface area contributed by atoms with Crippen molar-refractivity contribution in [1.29, 1.82) is 0 Å². The summed E-state index contributed by atoms with van der Waals surface area (Å²) in [6.45, 7) is 3.68. The lowest BCUT2D eigenvalue weighted by atomic mass is 9.99. The topological polar surface area (TPSA) is 89.5 Å². The number of carbonyl (C=O) groups is 1. The minimum atomic E-state index is -0.00659. The average Bonchev–Trinajstić information content (AvgIpc) is 3.53.